The molecule has 1 atom stereocenters. The number of nitrogen functional groups attached to an aromatic ring is 1. The van der Waals surface area contributed by atoms with Crippen molar-refractivity contribution >= 4 is 16.6 Å². The van der Waals surface area contributed by atoms with Crippen molar-refractivity contribution in [3.8, 4) is 23.0 Å². The van der Waals surface area contributed by atoms with E-state index in [4.69, 9.17) is 10.3 Å². The number of aliphatic hydroxyl groups is 1. The number of fused-ring (bicyclic) bond motifs is 1. The lowest BCUT2D eigenvalue weighted by atomic mass is 9.95. The van der Waals surface area contributed by atoms with Crippen LogP contribution in [0.2, 0.25) is 0 Å². The third-order valence-corrected chi connectivity index (χ3v) is 4.92. The summed E-state index contributed by atoms with van der Waals surface area (Å²) in [4.78, 5) is 4.18. The smallest absolute Gasteiger partial charge is 0.168 e. The first kappa shape index (κ1) is 18.7. The van der Waals surface area contributed by atoms with E-state index in [1.54, 1.807) is 26.1 Å². The van der Waals surface area contributed by atoms with Crippen LogP contribution in [0.25, 0.3) is 21.9 Å². The Hall–Kier alpha value is -3.62. The van der Waals surface area contributed by atoms with E-state index >= 15 is 0 Å². The number of hydrogen-bond acceptors (Lipinski definition) is 5. The van der Waals surface area contributed by atoms with E-state index in [2.05, 4.69) is 35.0 Å². The van der Waals surface area contributed by atoms with Crippen LogP contribution in [0.1, 0.15) is 29.5 Å². The Morgan fingerprint density at radius 2 is 1.90 bits per heavy atom. The monoisotopic (exact) mass is 383 g/mol. The Labute approximate surface area is 169 Å². The fraction of sp³-hybridized carbons (Fsp3) is 0.167. The summed E-state index contributed by atoms with van der Waals surface area (Å²) in [6.07, 6.45) is 1.71. The second kappa shape index (κ2) is 7.08. The normalized spacial score (nSPS) is 13.0. The topological polar surface area (TPSA) is 85.2 Å². The van der Waals surface area contributed by atoms with Crippen LogP contribution in [-0.4, -0.2) is 15.2 Å². The third-order valence-electron chi connectivity index (χ3n) is 4.92. The summed E-state index contributed by atoms with van der Waals surface area (Å²) < 4.78 is 5.05. The van der Waals surface area contributed by atoms with Gasteiger partial charge in [-0.05, 0) is 67.1 Å². The molecule has 0 saturated carbocycles. The zero-order chi connectivity index (χ0) is 20.6. The van der Waals surface area contributed by atoms with Crippen LogP contribution in [0.4, 0.5) is 5.82 Å². The quantitative estimate of drug-likeness (QED) is 0.503. The van der Waals surface area contributed by atoms with Crippen molar-refractivity contribution < 1.29 is 9.63 Å². The van der Waals surface area contributed by atoms with Gasteiger partial charge in [-0.25, -0.2) is 4.98 Å². The lowest BCUT2D eigenvalue weighted by Gasteiger charge is -2.12. The SMILES string of the molecule is Cc1cc([C@](C)(O)C#Cc2ccc(C)c(-c3ccc4ccnc(N)c4c3)c2)no1. The van der Waals surface area contributed by atoms with E-state index in [1.807, 2.05) is 36.4 Å². The molecule has 0 spiro atoms. The van der Waals surface area contributed by atoms with Gasteiger partial charge in [0, 0.05) is 23.2 Å². The Kier molecular flexibility index (Phi) is 4.57. The second-order valence-corrected chi connectivity index (χ2v) is 7.31. The third kappa shape index (κ3) is 3.71. The molecule has 0 aliphatic heterocycles. The molecule has 0 radical (unpaired) electrons. The minimum Gasteiger partial charge on any atom is -0.383 e. The largest absolute Gasteiger partial charge is 0.383 e. The zero-order valence-electron chi connectivity index (χ0n) is 16.5. The van der Waals surface area contributed by atoms with Gasteiger partial charge in [-0.1, -0.05) is 35.2 Å². The van der Waals surface area contributed by atoms with Gasteiger partial charge < -0.3 is 15.4 Å². The van der Waals surface area contributed by atoms with Crippen LogP contribution in [0.15, 0.2) is 59.3 Å². The maximum absolute atomic E-state index is 10.6. The predicted octanol–water partition coefficient (Wildman–Crippen LogP) is 4.35. The molecule has 3 N–H and O–H groups in total. The molecule has 29 heavy (non-hydrogen) atoms. The summed E-state index contributed by atoms with van der Waals surface area (Å²) in [6.45, 7) is 5.43. The molecule has 0 fully saturated rings. The van der Waals surface area contributed by atoms with E-state index in [0.717, 1.165) is 33.0 Å². The second-order valence-electron chi connectivity index (χ2n) is 7.31. The molecule has 2 heterocycles. The highest BCUT2D eigenvalue weighted by Gasteiger charge is 2.24. The number of rotatable bonds is 2. The molecule has 4 aromatic rings. The Morgan fingerprint density at radius 1 is 1.07 bits per heavy atom. The van der Waals surface area contributed by atoms with Gasteiger partial charge in [0.25, 0.3) is 0 Å². The van der Waals surface area contributed by atoms with Gasteiger partial charge in [0.05, 0.1) is 0 Å². The predicted molar refractivity (Wildman–Crippen MR) is 114 cm³/mol. The molecule has 0 amide bonds. The molecule has 0 bridgehead atoms. The van der Waals surface area contributed by atoms with E-state index in [9.17, 15) is 5.11 Å². The average molecular weight is 383 g/mol. The summed E-state index contributed by atoms with van der Waals surface area (Å²) in [5.41, 5.74) is 9.06. The van der Waals surface area contributed by atoms with Crippen LogP contribution in [0.3, 0.4) is 0 Å². The highest BCUT2D eigenvalue weighted by atomic mass is 16.5. The first-order valence-corrected chi connectivity index (χ1v) is 9.28. The van der Waals surface area contributed by atoms with E-state index < -0.39 is 5.60 Å². The van der Waals surface area contributed by atoms with Crippen LogP contribution in [0, 0.1) is 25.7 Å². The van der Waals surface area contributed by atoms with E-state index in [-0.39, 0.29) is 0 Å². The highest BCUT2D eigenvalue weighted by Crippen LogP contribution is 2.29. The standard InChI is InChI=1S/C24H21N3O2/c1-15-4-5-17(8-10-24(3,28)22-12-16(2)29-27-22)13-20(15)19-7-6-18-9-11-26-23(25)21(18)14-19/h4-7,9,11-14,28H,1-3H3,(H2,25,26)/t24-/m1/s1. The van der Waals surface area contributed by atoms with Gasteiger partial charge in [-0.15, -0.1) is 0 Å². The lowest BCUT2D eigenvalue weighted by Crippen LogP contribution is -2.18. The molecule has 5 nitrogen and oxygen atoms in total. The molecule has 0 aliphatic rings. The molecular formula is C24H21N3O2. The number of anilines is 1. The van der Waals surface area contributed by atoms with Crippen LogP contribution in [-0.2, 0) is 5.60 Å². The molecule has 0 unspecified atom stereocenters. The molecular weight excluding hydrogens is 362 g/mol. The Bertz CT molecular complexity index is 1280. The molecule has 5 heteroatoms. The number of benzene rings is 2. The zero-order valence-corrected chi connectivity index (χ0v) is 16.5. The number of aryl methyl sites for hydroxylation is 2. The first-order chi connectivity index (χ1) is 13.8. The number of aromatic nitrogens is 2. The minimum atomic E-state index is -1.40. The Morgan fingerprint density at radius 3 is 2.66 bits per heavy atom. The minimum absolute atomic E-state index is 0.396. The molecule has 2 aromatic heterocycles. The van der Waals surface area contributed by atoms with Gasteiger partial charge in [0.1, 0.15) is 17.3 Å². The number of pyridine rings is 1. The van der Waals surface area contributed by atoms with Crippen molar-refractivity contribution in [2.45, 2.75) is 26.4 Å². The van der Waals surface area contributed by atoms with Gasteiger partial charge in [0.15, 0.2) is 5.60 Å². The summed E-state index contributed by atoms with van der Waals surface area (Å²) >= 11 is 0. The van der Waals surface area contributed by atoms with Crippen molar-refractivity contribution in [2.24, 2.45) is 0 Å². The van der Waals surface area contributed by atoms with Crippen LogP contribution in [0.5, 0.6) is 0 Å². The molecule has 0 saturated heterocycles. The molecule has 4 rings (SSSR count). The van der Waals surface area contributed by atoms with Gasteiger partial charge in [0.2, 0.25) is 0 Å². The first-order valence-electron chi connectivity index (χ1n) is 9.28. The molecule has 144 valence electrons. The average Bonchev–Trinajstić information content (AvgIpc) is 3.15. The number of nitrogens with zero attached hydrogens (tertiary/aromatic N) is 2. The van der Waals surface area contributed by atoms with Crippen molar-refractivity contribution in [3.63, 3.8) is 0 Å². The summed E-state index contributed by atoms with van der Waals surface area (Å²) in [7, 11) is 0. The van der Waals surface area contributed by atoms with Crippen molar-refractivity contribution in [3.05, 3.63) is 77.3 Å². The molecule has 2 aromatic carbocycles. The van der Waals surface area contributed by atoms with E-state index in [1.165, 1.54) is 0 Å². The number of nitrogens with two attached hydrogens (primary N) is 1. The van der Waals surface area contributed by atoms with Crippen molar-refractivity contribution in [1.29, 1.82) is 0 Å². The fourth-order valence-electron chi connectivity index (χ4n) is 3.22. The van der Waals surface area contributed by atoms with Gasteiger partial charge >= 0.3 is 0 Å². The number of hydrogen-bond donors (Lipinski definition) is 2. The summed E-state index contributed by atoms with van der Waals surface area (Å²) in [5, 5.41) is 16.5. The van der Waals surface area contributed by atoms with Gasteiger partial charge in [-0.3, -0.25) is 0 Å². The van der Waals surface area contributed by atoms with Gasteiger partial charge in [-0.2, -0.15) is 0 Å². The fourth-order valence-corrected chi connectivity index (χ4v) is 3.22. The van der Waals surface area contributed by atoms with Crippen LogP contribution >= 0.6 is 0 Å². The summed E-state index contributed by atoms with van der Waals surface area (Å²) in [6, 6.07) is 15.7. The highest BCUT2D eigenvalue weighted by molar-refractivity contribution is 5.94. The maximum Gasteiger partial charge on any atom is 0.168 e. The van der Waals surface area contributed by atoms with Crippen LogP contribution < -0.4 is 5.73 Å². The summed E-state index contributed by atoms with van der Waals surface area (Å²) in [5.74, 6) is 7.10. The van der Waals surface area contributed by atoms with Crippen molar-refractivity contribution in [1.82, 2.24) is 10.1 Å². The Balaban J connectivity index is 1.73. The van der Waals surface area contributed by atoms with Crippen molar-refractivity contribution in [2.75, 3.05) is 5.73 Å². The maximum atomic E-state index is 10.6. The molecule has 0 aliphatic carbocycles. The van der Waals surface area contributed by atoms with E-state index in [0.29, 0.717) is 17.3 Å². The lowest BCUT2D eigenvalue weighted by molar-refractivity contribution is 0.112.